The minimum Gasteiger partial charge on any atom is -0.309 e. The molecule has 6 heteroatoms. The van der Waals surface area contributed by atoms with Crippen molar-refractivity contribution in [2.24, 2.45) is 0 Å². The van der Waals surface area contributed by atoms with Gasteiger partial charge in [-0.15, -0.1) is 0 Å². The Labute approximate surface area is 467 Å². The van der Waals surface area contributed by atoms with Gasteiger partial charge in [0.1, 0.15) is 0 Å². The SMILES string of the molecule is c1ccc(-c2cc(-c3ccc(-c4ccnc(-c5ccc(-n6c7ccc(-n8c9ccccc9c9ccccc98)cc7c7cc(-n8c9ccccc9c9ccccc98)ccc76)cc5)c4-c4ccccc4)cc3)nc(-c3ccccc3)n2)cc1. The molecule has 16 rings (SSSR count). The number of nitrogens with zero attached hydrogens (tertiary/aromatic N) is 6. The zero-order valence-corrected chi connectivity index (χ0v) is 43.9. The third-order valence-electron chi connectivity index (χ3n) is 16.1. The second-order valence-corrected chi connectivity index (χ2v) is 20.7. The molecule has 0 aliphatic carbocycles. The van der Waals surface area contributed by atoms with Crippen molar-refractivity contribution >= 4 is 65.4 Å². The van der Waals surface area contributed by atoms with Crippen LogP contribution >= 0.6 is 0 Å². The molecule has 0 unspecified atom stereocenters. The molecule has 0 aliphatic rings. The van der Waals surface area contributed by atoms with Gasteiger partial charge in [0.05, 0.1) is 50.2 Å². The monoisotopic (exact) mass is 1030 g/mol. The fourth-order valence-electron chi connectivity index (χ4n) is 12.4. The molecule has 16 aromatic rings. The first kappa shape index (κ1) is 46.2. The van der Waals surface area contributed by atoms with Crippen molar-refractivity contribution in [3.05, 3.63) is 291 Å². The van der Waals surface area contributed by atoms with Gasteiger partial charge in [-0.1, -0.05) is 200 Å². The summed E-state index contributed by atoms with van der Waals surface area (Å²) in [6, 6.07) is 102. The molecular formula is C75H48N6. The molecule has 0 N–H and O–H groups in total. The summed E-state index contributed by atoms with van der Waals surface area (Å²) in [7, 11) is 0. The summed E-state index contributed by atoms with van der Waals surface area (Å²) in [6.07, 6.45) is 1.94. The van der Waals surface area contributed by atoms with Gasteiger partial charge in [0.15, 0.2) is 5.82 Å². The van der Waals surface area contributed by atoms with Crippen LogP contribution in [0.4, 0.5) is 0 Å². The molecule has 0 spiro atoms. The Morgan fingerprint density at radius 1 is 0.247 bits per heavy atom. The van der Waals surface area contributed by atoms with Crippen molar-refractivity contribution in [1.82, 2.24) is 28.7 Å². The van der Waals surface area contributed by atoms with Crippen LogP contribution in [0.5, 0.6) is 0 Å². The molecule has 5 aromatic heterocycles. The molecule has 0 saturated carbocycles. The number of para-hydroxylation sites is 4. The molecular weight excluding hydrogens is 985 g/mol. The van der Waals surface area contributed by atoms with E-state index in [0.29, 0.717) is 5.82 Å². The molecule has 0 bridgehead atoms. The lowest BCUT2D eigenvalue weighted by atomic mass is 9.90. The van der Waals surface area contributed by atoms with Crippen molar-refractivity contribution in [2.45, 2.75) is 0 Å². The summed E-state index contributed by atoms with van der Waals surface area (Å²) in [5.74, 6) is 0.694. The second kappa shape index (κ2) is 18.9. The average Bonchev–Trinajstić information content (AvgIpc) is 4.24. The molecule has 0 saturated heterocycles. The van der Waals surface area contributed by atoms with Crippen molar-refractivity contribution < 1.29 is 0 Å². The highest BCUT2D eigenvalue weighted by Gasteiger charge is 2.21. The lowest BCUT2D eigenvalue weighted by Crippen LogP contribution is -1.97. The van der Waals surface area contributed by atoms with Crippen molar-refractivity contribution in [2.75, 3.05) is 0 Å². The predicted molar refractivity (Wildman–Crippen MR) is 335 cm³/mol. The highest BCUT2D eigenvalue weighted by molar-refractivity contribution is 6.14. The van der Waals surface area contributed by atoms with E-state index in [1.807, 2.05) is 42.6 Å². The number of aromatic nitrogens is 6. The maximum atomic E-state index is 5.17. The van der Waals surface area contributed by atoms with Crippen LogP contribution in [0.1, 0.15) is 0 Å². The quantitative estimate of drug-likeness (QED) is 0.145. The Hall–Kier alpha value is -11.0. The van der Waals surface area contributed by atoms with Crippen LogP contribution in [0.15, 0.2) is 291 Å². The van der Waals surface area contributed by atoms with Gasteiger partial charge in [-0.2, -0.15) is 0 Å². The van der Waals surface area contributed by atoms with Crippen LogP contribution in [-0.2, 0) is 0 Å². The minimum atomic E-state index is 0.694. The maximum absolute atomic E-state index is 5.17. The summed E-state index contributed by atoms with van der Waals surface area (Å²) >= 11 is 0. The van der Waals surface area contributed by atoms with Crippen molar-refractivity contribution in [3.63, 3.8) is 0 Å². The highest BCUT2D eigenvalue weighted by atomic mass is 15.0. The molecule has 6 nitrogen and oxygen atoms in total. The van der Waals surface area contributed by atoms with Gasteiger partial charge < -0.3 is 13.7 Å². The molecule has 378 valence electrons. The molecule has 0 amide bonds. The van der Waals surface area contributed by atoms with E-state index in [1.165, 1.54) is 54.4 Å². The second-order valence-electron chi connectivity index (χ2n) is 20.7. The zero-order valence-electron chi connectivity index (χ0n) is 43.9. The van der Waals surface area contributed by atoms with Crippen LogP contribution in [0.3, 0.4) is 0 Å². The molecule has 0 fully saturated rings. The lowest BCUT2D eigenvalue weighted by Gasteiger charge is -2.16. The third-order valence-corrected chi connectivity index (χ3v) is 16.1. The standard InChI is InChI=1S/C75H48N6/c1-4-18-50(19-5-1)65-48-66(78-75(77-65)54-22-8-3-9-23-54)51-34-32-49(33-35-51)58-44-45-76-74(73(58)52-20-6-2-7-21-52)53-36-38-55(39-37-53)79-71-42-40-56(80-67-28-14-10-24-59(67)60-25-11-15-29-68(60)80)46-63(71)64-47-57(41-43-72(64)79)81-69-30-16-12-26-61(69)62-27-13-17-31-70(62)81/h1-48H. The van der Waals surface area contributed by atoms with Gasteiger partial charge in [0.2, 0.25) is 0 Å². The van der Waals surface area contributed by atoms with Gasteiger partial charge >= 0.3 is 0 Å². The summed E-state index contributed by atoms with van der Waals surface area (Å²) in [6.45, 7) is 0. The summed E-state index contributed by atoms with van der Waals surface area (Å²) in [5, 5.41) is 7.32. The molecule has 0 atom stereocenters. The summed E-state index contributed by atoms with van der Waals surface area (Å²) in [5.41, 5.74) is 21.4. The lowest BCUT2D eigenvalue weighted by molar-refractivity contribution is 1.16. The number of hydrogen-bond donors (Lipinski definition) is 0. The first-order valence-electron chi connectivity index (χ1n) is 27.5. The highest BCUT2D eigenvalue weighted by Crippen LogP contribution is 2.43. The fourth-order valence-corrected chi connectivity index (χ4v) is 12.4. The van der Waals surface area contributed by atoms with Crippen LogP contribution in [-0.4, -0.2) is 28.7 Å². The van der Waals surface area contributed by atoms with E-state index in [2.05, 4.69) is 262 Å². The molecule has 81 heavy (non-hydrogen) atoms. The summed E-state index contributed by atoms with van der Waals surface area (Å²) in [4.78, 5) is 15.3. The number of hydrogen-bond acceptors (Lipinski definition) is 3. The number of fused-ring (bicyclic) bond motifs is 9. The van der Waals surface area contributed by atoms with Gasteiger partial charge in [-0.3, -0.25) is 4.98 Å². The van der Waals surface area contributed by atoms with E-state index in [4.69, 9.17) is 15.0 Å². The van der Waals surface area contributed by atoms with Gasteiger partial charge in [-0.05, 0) is 102 Å². The Morgan fingerprint density at radius 2 is 0.617 bits per heavy atom. The van der Waals surface area contributed by atoms with Crippen LogP contribution in [0.25, 0.3) is 150 Å². The summed E-state index contributed by atoms with van der Waals surface area (Å²) < 4.78 is 7.26. The number of benzene rings is 11. The zero-order chi connectivity index (χ0) is 53.4. The van der Waals surface area contributed by atoms with E-state index < -0.39 is 0 Å². The molecule has 11 aromatic carbocycles. The first-order valence-corrected chi connectivity index (χ1v) is 27.5. The number of pyridine rings is 1. The van der Waals surface area contributed by atoms with Crippen LogP contribution < -0.4 is 0 Å². The maximum Gasteiger partial charge on any atom is 0.160 e. The van der Waals surface area contributed by atoms with Crippen LogP contribution in [0.2, 0.25) is 0 Å². The third kappa shape index (κ3) is 7.68. The van der Waals surface area contributed by atoms with Gasteiger partial charge in [0.25, 0.3) is 0 Å². The van der Waals surface area contributed by atoms with Gasteiger partial charge in [0, 0.05) is 83.4 Å². The fraction of sp³-hybridized carbons (Fsp3) is 0. The predicted octanol–water partition coefficient (Wildman–Crippen LogP) is 19.2. The normalized spacial score (nSPS) is 11.7. The molecule has 5 heterocycles. The average molecular weight is 1030 g/mol. The Balaban J connectivity index is 0.827. The smallest absolute Gasteiger partial charge is 0.160 e. The Kier molecular flexibility index (Phi) is 10.8. The minimum absolute atomic E-state index is 0.694. The number of rotatable bonds is 9. The van der Waals surface area contributed by atoms with E-state index in [-0.39, 0.29) is 0 Å². The van der Waals surface area contributed by atoms with Crippen LogP contribution in [0, 0.1) is 0 Å². The van der Waals surface area contributed by atoms with Gasteiger partial charge in [-0.25, -0.2) is 9.97 Å². The Morgan fingerprint density at radius 3 is 1.11 bits per heavy atom. The van der Waals surface area contributed by atoms with E-state index in [0.717, 1.165) is 89.7 Å². The largest absolute Gasteiger partial charge is 0.309 e. The van der Waals surface area contributed by atoms with E-state index in [9.17, 15) is 0 Å². The first-order chi connectivity index (χ1) is 40.2. The van der Waals surface area contributed by atoms with E-state index in [1.54, 1.807) is 0 Å². The molecule has 0 radical (unpaired) electrons. The molecule has 0 aliphatic heterocycles. The topological polar surface area (TPSA) is 53.5 Å². The van der Waals surface area contributed by atoms with Crippen molar-refractivity contribution in [1.29, 1.82) is 0 Å². The Bertz CT molecular complexity index is 4740. The van der Waals surface area contributed by atoms with E-state index >= 15 is 0 Å². The van der Waals surface area contributed by atoms with Crippen molar-refractivity contribution in [3.8, 4) is 84.5 Å².